The Morgan fingerprint density at radius 3 is 2.44 bits per heavy atom. The molecule has 8 heteroatoms. The molecule has 0 aliphatic rings. The van der Waals surface area contributed by atoms with Crippen LogP contribution in [0.25, 0.3) is 0 Å². The first kappa shape index (κ1) is 21.1. The zero-order chi connectivity index (χ0) is 19.5. The molecule has 0 saturated carbocycles. The summed E-state index contributed by atoms with van der Waals surface area (Å²) in [6, 6.07) is 17.5. The number of hydrogen-bond acceptors (Lipinski definition) is 4. The molecule has 0 fully saturated rings. The van der Waals surface area contributed by atoms with Crippen LogP contribution in [-0.4, -0.2) is 39.5 Å². The number of thioether (sulfide) groups is 1. The van der Waals surface area contributed by atoms with Crippen LogP contribution in [0, 0.1) is 0 Å². The van der Waals surface area contributed by atoms with E-state index in [1.54, 1.807) is 23.9 Å². The normalized spacial score (nSPS) is 11.9. The van der Waals surface area contributed by atoms with Crippen LogP contribution in [0.3, 0.4) is 0 Å². The standard InChI is InChI=1S/C19H26N4O2S2/c1-3-20-19(21-13-14-26-17-10-5-4-6-11-17)22-15-16-9-7-8-12-18(16)23-27(2,24)25/h4-12,23H,3,13-15H2,1-2H3,(H2,20,21,22). The monoisotopic (exact) mass is 406 g/mol. The summed E-state index contributed by atoms with van der Waals surface area (Å²) in [5.74, 6) is 1.63. The summed E-state index contributed by atoms with van der Waals surface area (Å²) in [5.41, 5.74) is 1.37. The van der Waals surface area contributed by atoms with Crippen LogP contribution in [0.5, 0.6) is 0 Å². The number of para-hydroxylation sites is 1. The predicted octanol–water partition coefficient (Wildman–Crippen LogP) is 2.91. The molecule has 0 aliphatic carbocycles. The summed E-state index contributed by atoms with van der Waals surface area (Å²) in [6.45, 7) is 3.91. The topological polar surface area (TPSA) is 82.6 Å². The number of guanidine groups is 1. The fourth-order valence-electron chi connectivity index (χ4n) is 2.32. The highest BCUT2D eigenvalue weighted by atomic mass is 32.2. The highest BCUT2D eigenvalue weighted by molar-refractivity contribution is 7.99. The minimum absolute atomic E-state index is 0.375. The lowest BCUT2D eigenvalue weighted by Crippen LogP contribution is -2.38. The number of aliphatic imine (C=N–C) groups is 1. The van der Waals surface area contributed by atoms with Crippen molar-refractivity contribution in [1.82, 2.24) is 10.6 Å². The van der Waals surface area contributed by atoms with Gasteiger partial charge in [-0.25, -0.2) is 13.4 Å². The van der Waals surface area contributed by atoms with Crippen molar-refractivity contribution in [1.29, 1.82) is 0 Å². The molecular formula is C19H26N4O2S2. The van der Waals surface area contributed by atoms with Crippen molar-refractivity contribution in [2.75, 3.05) is 29.8 Å². The molecule has 6 nitrogen and oxygen atoms in total. The lowest BCUT2D eigenvalue weighted by molar-refractivity contribution is 0.606. The number of nitrogens with zero attached hydrogens (tertiary/aromatic N) is 1. The molecule has 0 amide bonds. The van der Waals surface area contributed by atoms with Gasteiger partial charge in [0.05, 0.1) is 18.5 Å². The third-order valence-corrected chi connectivity index (χ3v) is 5.08. The molecule has 0 radical (unpaired) electrons. The van der Waals surface area contributed by atoms with Crippen molar-refractivity contribution >= 4 is 33.4 Å². The molecule has 27 heavy (non-hydrogen) atoms. The highest BCUT2D eigenvalue weighted by Crippen LogP contribution is 2.17. The molecule has 0 saturated heterocycles. The Morgan fingerprint density at radius 2 is 1.74 bits per heavy atom. The van der Waals surface area contributed by atoms with Gasteiger partial charge in [-0.05, 0) is 30.7 Å². The van der Waals surface area contributed by atoms with E-state index in [1.165, 1.54) is 4.90 Å². The Kier molecular flexibility index (Phi) is 8.47. The molecule has 2 aromatic rings. The lowest BCUT2D eigenvalue weighted by Gasteiger charge is -2.13. The fourth-order valence-corrected chi connectivity index (χ4v) is 3.71. The number of anilines is 1. The second-order valence-electron chi connectivity index (χ2n) is 5.81. The molecule has 0 atom stereocenters. The quantitative estimate of drug-likeness (QED) is 0.258. The van der Waals surface area contributed by atoms with E-state index in [2.05, 4.69) is 32.5 Å². The van der Waals surface area contributed by atoms with E-state index in [0.717, 1.165) is 30.7 Å². The average molecular weight is 407 g/mol. The number of sulfonamides is 1. The second kappa shape index (κ2) is 10.8. The summed E-state index contributed by atoms with van der Waals surface area (Å²) in [6.07, 6.45) is 1.14. The van der Waals surface area contributed by atoms with Gasteiger partial charge in [-0.15, -0.1) is 11.8 Å². The van der Waals surface area contributed by atoms with E-state index in [1.807, 2.05) is 37.3 Å². The highest BCUT2D eigenvalue weighted by Gasteiger charge is 2.07. The Balaban J connectivity index is 1.93. The Hall–Kier alpha value is -2.19. The lowest BCUT2D eigenvalue weighted by atomic mass is 10.2. The minimum atomic E-state index is -3.32. The predicted molar refractivity (Wildman–Crippen MR) is 115 cm³/mol. The molecule has 2 rings (SSSR count). The smallest absolute Gasteiger partial charge is 0.229 e. The fraction of sp³-hybridized carbons (Fsp3) is 0.316. The maximum Gasteiger partial charge on any atom is 0.229 e. The summed E-state index contributed by atoms with van der Waals surface area (Å²) in [7, 11) is -3.32. The van der Waals surface area contributed by atoms with Crippen molar-refractivity contribution in [3.63, 3.8) is 0 Å². The van der Waals surface area contributed by atoms with Crippen LogP contribution in [0.2, 0.25) is 0 Å². The van der Waals surface area contributed by atoms with Crippen molar-refractivity contribution < 1.29 is 8.42 Å². The van der Waals surface area contributed by atoms with Crippen LogP contribution in [0.4, 0.5) is 5.69 Å². The Labute approximate surface area is 165 Å². The van der Waals surface area contributed by atoms with E-state index in [0.29, 0.717) is 18.2 Å². The largest absolute Gasteiger partial charge is 0.357 e. The van der Waals surface area contributed by atoms with Crippen molar-refractivity contribution in [2.24, 2.45) is 4.99 Å². The Bertz CT molecular complexity index is 840. The maximum atomic E-state index is 11.5. The van der Waals surface area contributed by atoms with Gasteiger partial charge in [-0.1, -0.05) is 36.4 Å². The molecule has 0 aromatic heterocycles. The van der Waals surface area contributed by atoms with Gasteiger partial charge in [0.15, 0.2) is 5.96 Å². The number of benzene rings is 2. The van der Waals surface area contributed by atoms with Crippen molar-refractivity contribution in [3.8, 4) is 0 Å². The van der Waals surface area contributed by atoms with Crippen LogP contribution in [0.15, 0.2) is 64.5 Å². The molecular weight excluding hydrogens is 380 g/mol. The summed E-state index contributed by atoms with van der Waals surface area (Å²) in [5, 5.41) is 6.52. The van der Waals surface area contributed by atoms with Crippen molar-refractivity contribution in [3.05, 3.63) is 60.2 Å². The SMILES string of the molecule is CCNC(=NCc1ccccc1NS(C)(=O)=O)NCCSc1ccccc1. The third-order valence-electron chi connectivity index (χ3n) is 3.47. The van der Waals surface area contributed by atoms with Crippen LogP contribution in [-0.2, 0) is 16.6 Å². The average Bonchev–Trinajstić information content (AvgIpc) is 2.64. The number of nitrogens with one attached hydrogen (secondary N) is 3. The van der Waals surface area contributed by atoms with Gasteiger partial charge >= 0.3 is 0 Å². The zero-order valence-corrected chi connectivity index (χ0v) is 17.2. The first-order chi connectivity index (χ1) is 13.0. The summed E-state index contributed by atoms with van der Waals surface area (Å²) < 4.78 is 25.6. The summed E-state index contributed by atoms with van der Waals surface area (Å²) in [4.78, 5) is 5.81. The molecule has 0 heterocycles. The van der Waals surface area contributed by atoms with E-state index in [9.17, 15) is 8.42 Å². The van der Waals surface area contributed by atoms with Gasteiger partial charge in [0.25, 0.3) is 0 Å². The van der Waals surface area contributed by atoms with E-state index in [4.69, 9.17) is 0 Å². The van der Waals surface area contributed by atoms with Gasteiger partial charge < -0.3 is 10.6 Å². The van der Waals surface area contributed by atoms with Gasteiger partial charge in [0.1, 0.15) is 0 Å². The van der Waals surface area contributed by atoms with Crippen LogP contribution >= 0.6 is 11.8 Å². The summed E-state index contributed by atoms with van der Waals surface area (Å²) >= 11 is 1.78. The molecule has 2 aromatic carbocycles. The molecule has 3 N–H and O–H groups in total. The van der Waals surface area contributed by atoms with Gasteiger partial charge in [0, 0.05) is 23.7 Å². The Morgan fingerprint density at radius 1 is 1.04 bits per heavy atom. The van der Waals surface area contributed by atoms with Gasteiger partial charge in [-0.3, -0.25) is 4.72 Å². The third kappa shape index (κ3) is 8.36. The zero-order valence-electron chi connectivity index (χ0n) is 15.6. The first-order valence-electron chi connectivity index (χ1n) is 8.73. The number of rotatable bonds is 9. The minimum Gasteiger partial charge on any atom is -0.357 e. The molecule has 0 bridgehead atoms. The molecule has 146 valence electrons. The molecule has 0 aliphatic heterocycles. The van der Waals surface area contributed by atoms with Gasteiger partial charge in [0.2, 0.25) is 10.0 Å². The molecule has 0 unspecified atom stereocenters. The first-order valence-corrected chi connectivity index (χ1v) is 11.6. The van der Waals surface area contributed by atoms with E-state index >= 15 is 0 Å². The van der Waals surface area contributed by atoms with Gasteiger partial charge in [-0.2, -0.15) is 0 Å². The van der Waals surface area contributed by atoms with E-state index < -0.39 is 10.0 Å². The van der Waals surface area contributed by atoms with Crippen molar-refractivity contribution in [2.45, 2.75) is 18.4 Å². The van der Waals surface area contributed by atoms with E-state index in [-0.39, 0.29) is 0 Å². The van der Waals surface area contributed by atoms with Crippen LogP contribution < -0.4 is 15.4 Å². The number of hydrogen-bond donors (Lipinski definition) is 3. The second-order valence-corrected chi connectivity index (χ2v) is 8.73. The molecule has 0 spiro atoms. The van der Waals surface area contributed by atoms with Crippen LogP contribution in [0.1, 0.15) is 12.5 Å². The maximum absolute atomic E-state index is 11.5.